The number of hydrogen-bond acceptors (Lipinski definition) is 6. The fourth-order valence-corrected chi connectivity index (χ4v) is 6.19. The number of carbonyl (C=O) groups is 2. The molecule has 0 N–H and O–H groups in total. The number of fused-ring (bicyclic) bond motifs is 1. The average Bonchev–Trinajstić information content (AvgIpc) is 2.95. The third-order valence-corrected chi connectivity index (χ3v) is 8.49. The summed E-state index contributed by atoms with van der Waals surface area (Å²) >= 11 is 0. The molecule has 4 heterocycles. The van der Waals surface area contributed by atoms with Crippen molar-refractivity contribution in [2.45, 2.75) is 64.1 Å². The Hall–Kier alpha value is -3.94. The molecule has 8 heteroatoms. The monoisotopic (exact) mass is 539 g/mol. The van der Waals surface area contributed by atoms with Crippen molar-refractivity contribution in [1.29, 1.82) is 0 Å². The van der Waals surface area contributed by atoms with Crippen LogP contribution in [-0.4, -0.2) is 69.1 Å². The van der Waals surface area contributed by atoms with Crippen molar-refractivity contribution in [2.24, 2.45) is 0 Å². The van der Waals surface area contributed by atoms with Crippen LogP contribution in [0.4, 0.5) is 10.6 Å². The zero-order chi connectivity index (χ0) is 27.9. The summed E-state index contributed by atoms with van der Waals surface area (Å²) in [6.45, 7) is 9.22. The number of benzene rings is 2. The van der Waals surface area contributed by atoms with E-state index in [2.05, 4.69) is 22.0 Å². The van der Waals surface area contributed by atoms with Crippen LogP contribution in [-0.2, 0) is 17.7 Å². The molecule has 40 heavy (non-hydrogen) atoms. The molecule has 208 valence electrons. The Bertz CT molecular complexity index is 1390. The van der Waals surface area contributed by atoms with Crippen molar-refractivity contribution in [2.75, 3.05) is 31.1 Å². The molecule has 8 nitrogen and oxygen atoms in total. The van der Waals surface area contributed by atoms with E-state index < -0.39 is 5.60 Å². The predicted octanol–water partition coefficient (Wildman–Crippen LogP) is 5.32. The van der Waals surface area contributed by atoms with E-state index in [0.717, 1.165) is 67.1 Å². The molecule has 1 aromatic heterocycles. The molecule has 0 atom stereocenters. The Morgan fingerprint density at radius 2 is 1.52 bits per heavy atom. The maximum absolute atomic E-state index is 13.5. The van der Waals surface area contributed by atoms with E-state index in [-0.39, 0.29) is 17.5 Å². The fraction of sp³-hybridized carbons (Fsp3) is 0.438. The van der Waals surface area contributed by atoms with Crippen LogP contribution in [0, 0.1) is 0 Å². The second kappa shape index (κ2) is 10.2. The minimum absolute atomic E-state index is 0.0279. The van der Waals surface area contributed by atoms with Gasteiger partial charge < -0.3 is 19.4 Å². The van der Waals surface area contributed by atoms with Gasteiger partial charge in [0.25, 0.3) is 5.91 Å². The fourth-order valence-electron chi connectivity index (χ4n) is 6.19. The molecule has 2 aromatic carbocycles. The maximum atomic E-state index is 13.5. The van der Waals surface area contributed by atoms with E-state index >= 15 is 0 Å². The first-order chi connectivity index (χ1) is 19.2. The number of anilines is 1. The van der Waals surface area contributed by atoms with E-state index in [1.165, 1.54) is 0 Å². The average molecular weight is 540 g/mol. The molecule has 0 unspecified atom stereocenters. The third kappa shape index (κ3) is 5.03. The number of nitrogens with zero attached hydrogens (tertiary/aromatic N) is 5. The van der Waals surface area contributed by atoms with Gasteiger partial charge in [-0.2, -0.15) is 0 Å². The topological polar surface area (TPSA) is 78.9 Å². The molecule has 2 fully saturated rings. The molecule has 0 bridgehead atoms. The Kier molecular flexibility index (Phi) is 6.72. The summed E-state index contributed by atoms with van der Waals surface area (Å²) in [4.78, 5) is 41.7. The second-order valence-corrected chi connectivity index (χ2v) is 12.1. The molecule has 0 aliphatic carbocycles. The smallest absolute Gasteiger partial charge is 0.410 e. The van der Waals surface area contributed by atoms with Gasteiger partial charge in [0.2, 0.25) is 0 Å². The molecule has 0 saturated carbocycles. The SMILES string of the molecule is CC(C)(C)OC(=O)N1CCC12CCN(c1ncnc3c1CN(C(=O)c1ccc(-c4ccccc4)cc1)CC3)CC2. The quantitative estimate of drug-likeness (QED) is 0.448. The van der Waals surface area contributed by atoms with Crippen LogP contribution in [0.5, 0.6) is 0 Å². The number of amides is 2. The summed E-state index contributed by atoms with van der Waals surface area (Å²) in [6, 6.07) is 18.0. The standard InChI is InChI=1S/C32H37N5O3/c1-31(2,3)40-30(39)37-20-16-32(37)14-18-35(19-15-32)28-26-21-36(17-13-27(26)33-22-34-28)29(38)25-11-9-24(10-12-25)23-7-5-4-6-8-23/h4-12,22H,13-21H2,1-3H3. The third-order valence-electron chi connectivity index (χ3n) is 8.49. The number of aromatic nitrogens is 2. The lowest BCUT2D eigenvalue weighted by Crippen LogP contribution is -2.66. The zero-order valence-corrected chi connectivity index (χ0v) is 23.6. The first-order valence-electron chi connectivity index (χ1n) is 14.3. The lowest BCUT2D eigenvalue weighted by atomic mass is 9.76. The number of ether oxygens (including phenoxy) is 1. The first-order valence-corrected chi connectivity index (χ1v) is 14.3. The summed E-state index contributed by atoms with van der Waals surface area (Å²) in [5, 5.41) is 0. The van der Waals surface area contributed by atoms with Crippen molar-refractivity contribution in [3.05, 3.63) is 77.7 Å². The summed E-state index contributed by atoms with van der Waals surface area (Å²) in [5.74, 6) is 0.944. The number of carbonyl (C=O) groups excluding carboxylic acids is 2. The molecular formula is C32H37N5O3. The summed E-state index contributed by atoms with van der Waals surface area (Å²) in [5.41, 5.74) is 4.35. The minimum atomic E-state index is -0.498. The highest BCUT2D eigenvalue weighted by Crippen LogP contribution is 2.42. The van der Waals surface area contributed by atoms with Gasteiger partial charge in [-0.25, -0.2) is 14.8 Å². The highest BCUT2D eigenvalue weighted by molar-refractivity contribution is 5.95. The Morgan fingerprint density at radius 3 is 2.17 bits per heavy atom. The van der Waals surface area contributed by atoms with Gasteiger partial charge in [0, 0.05) is 43.7 Å². The van der Waals surface area contributed by atoms with Crippen LogP contribution in [0.25, 0.3) is 11.1 Å². The molecular weight excluding hydrogens is 502 g/mol. The van der Waals surface area contributed by atoms with Crippen LogP contribution in [0.2, 0.25) is 0 Å². The van der Waals surface area contributed by atoms with Crippen molar-refractivity contribution >= 4 is 17.8 Å². The minimum Gasteiger partial charge on any atom is -0.444 e. The van der Waals surface area contributed by atoms with Gasteiger partial charge in [-0.15, -0.1) is 0 Å². The largest absolute Gasteiger partial charge is 0.444 e. The van der Waals surface area contributed by atoms with E-state index in [9.17, 15) is 9.59 Å². The van der Waals surface area contributed by atoms with Crippen molar-refractivity contribution in [3.63, 3.8) is 0 Å². The predicted molar refractivity (Wildman–Crippen MR) is 154 cm³/mol. The van der Waals surface area contributed by atoms with Crippen molar-refractivity contribution < 1.29 is 14.3 Å². The summed E-state index contributed by atoms with van der Waals surface area (Å²) < 4.78 is 5.67. The highest BCUT2D eigenvalue weighted by Gasteiger charge is 2.50. The van der Waals surface area contributed by atoms with Gasteiger partial charge in [0.1, 0.15) is 17.7 Å². The van der Waals surface area contributed by atoms with Gasteiger partial charge in [-0.3, -0.25) is 4.79 Å². The molecule has 3 aliphatic rings. The van der Waals surface area contributed by atoms with Crippen LogP contribution < -0.4 is 4.90 Å². The zero-order valence-electron chi connectivity index (χ0n) is 23.6. The molecule has 3 aliphatic heterocycles. The van der Waals surface area contributed by atoms with Gasteiger partial charge in [-0.1, -0.05) is 42.5 Å². The van der Waals surface area contributed by atoms with Gasteiger partial charge >= 0.3 is 6.09 Å². The maximum Gasteiger partial charge on any atom is 0.410 e. The van der Waals surface area contributed by atoms with E-state index in [1.807, 2.05) is 73.0 Å². The molecule has 2 saturated heterocycles. The molecule has 1 spiro atoms. The van der Waals surface area contributed by atoms with E-state index in [4.69, 9.17) is 9.72 Å². The van der Waals surface area contributed by atoms with Crippen molar-refractivity contribution in [1.82, 2.24) is 19.8 Å². The van der Waals surface area contributed by atoms with Crippen LogP contribution in [0.1, 0.15) is 61.6 Å². The number of hydrogen-bond donors (Lipinski definition) is 0. The number of rotatable bonds is 3. The summed E-state index contributed by atoms with van der Waals surface area (Å²) in [7, 11) is 0. The van der Waals surface area contributed by atoms with Crippen LogP contribution in [0.15, 0.2) is 60.9 Å². The Morgan fingerprint density at radius 1 is 0.850 bits per heavy atom. The lowest BCUT2D eigenvalue weighted by molar-refractivity contribution is -0.0542. The molecule has 3 aromatic rings. The molecule has 0 radical (unpaired) electrons. The van der Waals surface area contributed by atoms with E-state index in [0.29, 0.717) is 25.1 Å². The van der Waals surface area contributed by atoms with Gasteiger partial charge in [0.05, 0.1) is 17.8 Å². The van der Waals surface area contributed by atoms with E-state index in [1.54, 1.807) is 6.33 Å². The number of likely N-dealkylation sites (tertiary alicyclic amines) is 1. The molecule has 2 amide bonds. The molecule has 6 rings (SSSR count). The highest BCUT2D eigenvalue weighted by atomic mass is 16.6. The van der Waals surface area contributed by atoms with Crippen LogP contribution >= 0.6 is 0 Å². The van der Waals surface area contributed by atoms with Gasteiger partial charge in [0.15, 0.2) is 0 Å². The van der Waals surface area contributed by atoms with Crippen LogP contribution in [0.3, 0.4) is 0 Å². The second-order valence-electron chi connectivity index (χ2n) is 12.1. The lowest BCUT2D eigenvalue weighted by Gasteiger charge is -2.56. The van der Waals surface area contributed by atoms with Crippen molar-refractivity contribution in [3.8, 4) is 11.1 Å². The Labute approximate surface area is 236 Å². The van der Waals surface area contributed by atoms with Gasteiger partial charge in [-0.05, 0) is 63.3 Å². The Balaban J connectivity index is 1.14. The summed E-state index contributed by atoms with van der Waals surface area (Å²) in [6.07, 6.45) is 4.91. The first kappa shape index (κ1) is 26.3. The number of piperidine rings is 1. The normalized spacial score (nSPS) is 18.2.